The zero-order valence-electron chi connectivity index (χ0n) is 13.2. The van der Waals surface area contributed by atoms with Gasteiger partial charge in [-0.2, -0.15) is 13.9 Å². The number of carboxylic acid groups (broad SMARTS) is 1. The van der Waals surface area contributed by atoms with Gasteiger partial charge in [0.15, 0.2) is 6.04 Å². The molecule has 6 nitrogen and oxygen atoms in total. The van der Waals surface area contributed by atoms with Crippen molar-refractivity contribution in [2.75, 3.05) is 0 Å². The topological polar surface area (TPSA) is 84.2 Å². The summed E-state index contributed by atoms with van der Waals surface area (Å²) in [5.41, 5.74) is 1.29. The normalized spacial score (nSPS) is 12.2. The van der Waals surface area contributed by atoms with Gasteiger partial charge < -0.3 is 10.4 Å². The number of aliphatic carboxylic acids is 1. The third-order valence-electron chi connectivity index (χ3n) is 3.68. The van der Waals surface area contributed by atoms with Crippen LogP contribution < -0.4 is 5.32 Å². The predicted molar refractivity (Wildman–Crippen MR) is 81.6 cm³/mol. The highest BCUT2D eigenvalue weighted by Crippen LogP contribution is 2.20. The number of aryl methyl sites for hydroxylation is 1. The Morgan fingerprint density at radius 3 is 2.38 bits per heavy atom. The lowest BCUT2D eigenvalue weighted by Gasteiger charge is -2.15. The van der Waals surface area contributed by atoms with Gasteiger partial charge in [-0.05, 0) is 19.4 Å². The van der Waals surface area contributed by atoms with Crippen LogP contribution in [-0.2, 0) is 16.0 Å². The van der Waals surface area contributed by atoms with E-state index in [-0.39, 0.29) is 12.1 Å². The van der Waals surface area contributed by atoms with Crippen LogP contribution in [-0.4, -0.2) is 26.8 Å². The lowest BCUT2D eigenvalue weighted by Crippen LogP contribution is -2.34. The van der Waals surface area contributed by atoms with Gasteiger partial charge in [0.1, 0.15) is 0 Å². The highest BCUT2D eigenvalue weighted by molar-refractivity contribution is 5.86. The Balaban J connectivity index is 2.17. The molecule has 1 aromatic heterocycles. The quantitative estimate of drug-likeness (QED) is 0.848. The molecule has 2 rings (SSSR count). The maximum atomic E-state index is 12.8. The van der Waals surface area contributed by atoms with Crippen molar-refractivity contribution in [2.45, 2.75) is 32.9 Å². The zero-order chi connectivity index (χ0) is 17.9. The lowest BCUT2D eigenvalue weighted by atomic mass is 10.1. The lowest BCUT2D eigenvalue weighted by molar-refractivity contribution is -0.141. The molecule has 0 radical (unpaired) electrons. The van der Waals surface area contributed by atoms with Crippen molar-refractivity contribution in [2.24, 2.45) is 0 Å². The first-order valence-electron chi connectivity index (χ1n) is 7.21. The van der Waals surface area contributed by atoms with Crippen LogP contribution in [0.2, 0.25) is 0 Å². The van der Waals surface area contributed by atoms with Gasteiger partial charge in [-0.15, -0.1) is 0 Å². The largest absolute Gasteiger partial charge is 0.479 e. The van der Waals surface area contributed by atoms with Crippen molar-refractivity contribution in [3.05, 3.63) is 52.8 Å². The van der Waals surface area contributed by atoms with Crippen LogP contribution >= 0.6 is 0 Å². The first-order valence-corrected chi connectivity index (χ1v) is 7.21. The molecule has 1 aromatic carbocycles. The second-order valence-electron chi connectivity index (χ2n) is 5.30. The molecule has 2 aromatic rings. The molecule has 0 aliphatic carbocycles. The average Bonchev–Trinajstić information content (AvgIpc) is 2.81. The number of carbonyl (C=O) groups is 2. The molecule has 2 N–H and O–H groups in total. The van der Waals surface area contributed by atoms with Gasteiger partial charge in [0.05, 0.1) is 12.1 Å². The molecule has 0 unspecified atom stereocenters. The van der Waals surface area contributed by atoms with Crippen molar-refractivity contribution in [1.29, 1.82) is 0 Å². The van der Waals surface area contributed by atoms with E-state index in [0.29, 0.717) is 21.5 Å². The summed E-state index contributed by atoms with van der Waals surface area (Å²) >= 11 is 0. The molecule has 0 spiro atoms. The second kappa shape index (κ2) is 7.20. The molecular formula is C16H17F2N3O3. The van der Waals surface area contributed by atoms with E-state index in [1.165, 1.54) is 13.8 Å². The van der Waals surface area contributed by atoms with Gasteiger partial charge in [-0.3, -0.25) is 4.79 Å². The van der Waals surface area contributed by atoms with Crippen LogP contribution in [0.15, 0.2) is 30.3 Å². The molecule has 1 atom stereocenters. The van der Waals surface area contributed by atoms with E-state index in [9.17, 15) is 23.5 Å². The fourth-order valence-corrected chi connectivity index (χ4v) is 2.45. The van der Waals surface area contributed by atoms with E-state index >= 15 is 0 Å². The van der Waals surface area contributed by atoms with Crippen LogP contribution in [0.1, 0.15) is 35.1 Å². The fourth-order valence-electron chi connectivity index (χ4n) is 2.45. The molecule has 8 heteroatoms. The summed E-state index contributed by atoms with van der Waals surface area (Å²) in [5, 5.41) is 15.4. The summed E-state index contributed by atoms with van der Waals surface area (Å²) in [5.74, 6) is -1.78. The average molecular weight is 337 g/mol. The summed E-state index contributed by atoms with van der Waals surface area (Å²) in [4.78, 5) is 23.6. The maximum Gasteiger partial charge on any atom is 0.333 e. The summed E-state index contributed by atoms with van der Waals surface area (Å²) in [6, 6.07) is 7.03. The van der Waals surface area contributed by atoms with Crippen molar-refractivity contribution >= 4 is 11.9 Å². The van der Waals surface area contributed by atoms with Crippen LogP contribution in [0.25, 0.3) is 0 Å². The molecule has 0 saturated carbocycles. The van der Waals surface area contributed by atoms with Crippen LogP contribution in [0.5, 0.6) is 0 Å². The molecule has 24 heavy (non-hydrogen) atoms. The highest BCUT2D eigenvalue weighted by atomic mass is 19.3. The monoisotopic (exact) mass is 337 g/mol. The smallest absolute Gasteiger partial charge is 0.333 e. The van der Waals surface area contributed by atoms with Crippen molar-refractivity contribution in [1.82, 2.24) is 15.1 Å². The Bertz CT molecular complexity index is 745. The van der Waals surface area contributed by atoms with Crippen molar-refractivity contribution in [3.8, 4) is 0 Å². The van der Waals surface area contributed by atoms with Gasteiger partial charge in [0, 0.05) is 11.3 Å². The molecule has 0 aliphatic heterocycles. The Kier molecular flexibility index (Phi) is 5.28. The molecule has 0 fully saturated rings. The number of hydrogen-bond donors (Lipinski definition) is 2. The SMILES string of the molecule is Cc1nn(C(F)F)c(C)c1CC(=O)N[C@@H](C(=O)O)c1ccccc1. The maximum absolute atomic E-state index is 12.8. The minimum absolute atomic E-state index is 0.184. The molecular weight excluding hydrogens is 320 g/mol. The number of hydrogen-bond acceptors (Lipinski definition) is 3. The molecule has 0 aliphatic rings. The van der Waals surface area contributed by atoms with Gasteiger partial charge in [-0.1, -0.05) is 30.3 Å². The van der Waals surface area contributed by atoms with E-state index < -0.39 is 24.5 Å². The van der Waals surface area contributed by atoms with E-state index in [1.807, 2.05) is 0 Å². The first kappa shape index (κ1) is 17.6. The summed E-state index contributed by atoms with van der Waals surface area (Å²) in [6.45, 7) is 0.178. The second-order valence-corrected chi connectivity index (χ2v) is 5.30. The minimum Gasteiger partial charge on any atom is -0.479 e. The van der Waals surface area contributed by atoms with Gasteiger partial charge in [0.25, 0.3) is 0 Å². The summed E-state index contributed by atoms with van der Waals surface area (Å²) in [6.07, 6.45) is -0.221. The Morgan fingerprint density at radius 2 is 1.88 bits per heavy atom. The molecule has 0 bridgehead atoms. The van der Waals surface area contributed by atoms with Gasteiger partial charge in [-0.25, -0.2) is 9.48 Å². The van der Waals surface area contributed by atoms with Crippen molar-refractivity contribution in [3.63, 3.8) is 0 Å². The fraction of sp³-hybridized carbons (Fsp3) is 0.312. The van der Waals surface area contributed by atoms with E-state index in [2.05, 4.69) is 10.4 Å². The number of benzene rings is 1. The highest BCUT2D eigenvalue weighted by Gasteiger charge is 2.24. The number of carboxylic acids is 1. The van der Waals surface area contributed by atoms with Crippen LogP contribution in [0, 0.1) is 13.8 Å². The Labute approximate surface area is 137 Å². The summed E-state index contributed by atoms with van der Waals surface area (Å²) in [7, 11) is 0. The Morgan fingerprint density at radius 1 is 1.25 bits per heavy atom. The number of halogens is 2. The predicted octanol–water partition coefficient (Wildman–Crippen LogP) is 2.38. The summed E-state index contributed by atoms with van der Waals surface area (Å²) < 4.78 is 26.2. The standard InChI is InChI=1S/C16H17F2N3O3/c1-9-12(10(2)21(20-9)16(17)18)8-13(22)19-14(15(23)24)11-6-4-3-5-7-11/h3-7,14,16H,8H2,1-2H3,(H,19,22)(H,23,24)/t14-/m1/s1. The van der Waals surface area contributed by atoms with Crippen molar-refractivity contribution < 1.29 is 23.5 Å². The number of rotatable bonds is 6. The number of alkyl halides is 2. The van der Waals surface area contributed by atoms with E-state index in [4.69, 9.17) is 0 Å². The Hall–Kier alpha value is -2.77. The number of nitrogens with zero attached hydrogens (tertiary/aromatic N) is 2. The van der Waals surface area contributed by atoms with E-state index in [1.54, 1.807) is 30.3 Å². The molecule has 1 amide bonds. The van der Waals surface area contributed by atoms with E-state index in [0.717, 1.165) is 0 Å². The number of carbonyl (C=O) groups excluding carboxylic acids is 1. The first-order chi connectivity index (χ1) is 11.3. The third-order valence-corrected chi connectivity index (χ3v) is 3.68. The van der Waals surface area contributed by atoms with Gasteiger partial charge >= 0.3 is 12.5 Å². The number of amides is 1. The van der Waals surface area contributed by atoms with Crippen LogP contribution in [0.4, 0.5) is 8.78 Å². The zero-order valence-corrected chi connectivity index (χ0v) is 13.2. The molecule has 128 valence electrons. The molecule has 0 saturated heterocycles. The third kappa shape index (κ3) is 3.76. The molecule has 1 heterocycles. The number of aromatic nitrogens is 2. The van der Waals surface area contributed by atoms with Crippen LogP contribution in [0.3, 0.4) is 0 Å². The minimum atomic E-state index is -2.79. The van der Waals surface area contributed by atoms with Gasteiger partial charge in [0.2, 0.25) is 5.91 Å². The number of nitrogens with one attached hydrogen (secondary N) is 1.